The van der Waals surface area contributed by atoms with E-state index in [1.165, 1.54) is 18.2 Å². The number of furan rings is 2. The van der Waals surface area contributed by atoms with Crippen molar-refractivity contribution in [1.82, 2.24) is 0 Å². The number of allylic oxidation sites excluding steroid dienone is 1. The summed E-state index contributed by atoms with van der Waals surface area (Å²) in [4.78, 5) is 25.5. The molecule has 6 heteroatoms. The molecule has 0 bridgehead atoms. The summed E-state index contributed by atoms with van der Waals surface area (Å²) in [5.74, 6) is 0.190. The average molecular weight is 485 g/mol. The largest absolute Gasteiger partial charge is 0.453 e. The Morgan fingerprint density at radius 1 is 0.618 bits per heavy atom. The van der Waals surface area contributed by atoms with E-state index in [9.17, 15) is 9.59 Å². The topological polar surface area (TPSA) is 60.4 Å². The van der Waals surface area contributed by atoms with Gasteiger partial charge in [0.1, 0.15) is 11.5 Å². The fourth-order valence-electron chi connectivity index (χ4n) is 4.11. The predicted molar refractivity (Wildman–Crippen MR) is 132 cm³/mol. The van der Waals surface area contributed by atoms with Crippen LogP contribution in [0.3, 0.4) is 0 Å². The van der Waals surface area contributed by atoms with Gasteiger partial charge < -0.3 is 8.83 Å². The van der Waals surface area contributed by atoms with Crippen LogP contribution in [-0.2, 0) is 0 Å². The van der Waals surface area contributed by atoms with Gasteiger partial charge in [-0.15, -0.1) is 0 Å². The summed E-state index contributed by atoms with van der Waals surface area (Å²) in [5, 5.41) is 0.449. The molecular weight excluding hydrogens is 471 g/mol. The summed E-state index contributed by atoms with van der Waals surface area (Å²) in [7, 11) is 0. The van der Waals surface area contributed by atoms with Crippen LogP contribution in [0.15, 0.2) is 93.3 Å². The number of carbonyl (C=O) groups excluding carboxylic acids is 2. The fourth-order valence-corrected chi connectivity index (χ4v) is 4.44. The molecule has 164 valence electrons. The zero-order chi connectivity index (χ0) is 23.4. The molecule has 0 N–H and O–H groups in total. The van der Waals surface area contributed by atoms with Crippen LogP contribution in [0.2, 0.25) is 10.0 Å². The highest BCUT2D eigenvalue weighted by Crippen LogP contribution is 2.36. The molecule has 1 aliphatic carbocycles. The molecule has 0 saturated carbocycles. The van der Waals surface area contributed by atoms with E-state index in [0.717, 1.165) is 16.7 Å². The van der Waals surface area contributed by atoms with Gasteiger partial charge in [0.25, 0.3) is 0 Å². The maximum absolute atomic E-state index is 12.7. The number of hydrogen-bond donors (Lipinski definition) is 0. The van der Waals surface area contributed by atoms with Crippen molar-refractivity contribution in [3.8, 4) is 22.5 Å². The van der Waals surface area contributed by atoms with E-state index in [0.29, 0.717) is 22.7 Å². The van der Waals surface area contributed by atoms with Gasteiger partial charge in [-0.1, -0.05) is 77.8 Å². The molecule has 0 spiro atoms. The van der Waals surface area contributed by atoms with Crippen LogP contribution in [0, 0.1) is 0 Å². The molecule has 0 aliphatic heterocycles. The molecule has 0 saturated heterocycles. The Balaban J connectivity index is 1.29. The lowest BCUT2D eigenvalue weighted by Crippen LogP contribution is -1.99. The Morgan fingerprint density at radius 2 is 1.18 bits per heavy atom. The number of fused-ring (bicyclic) bond motifs is 2. The van der Waals surface area contributed by atoms with Crippen LogP contribution in [0.1, 0.15) is 26.5 Å². The number of hydrogen-bond acceptors (Lipinski definition) is 4. The lowest BCUT2D eigenvalue weighted by atomic mass is 10.0. The predicted octanol–water partition coefficient (Wildman–Crippen LogP) is 8.13. The third-order valence-corrected chi connectivity index (χ3v) is 6.55. The van der Waals surface area contributed by atoms with Crippen LogP contribution < -0.4 is 0 Å². The Bertz CT molecular complexity index is 1560. The summed E-state index contributed by atoms with van der Waals surface area (Å²) in [6, 6.07) is 24.5. The SMILES string of the molecule is O=C1C(=Cc2cc3oc(-c4ccc(-c5ccccc5)cc4)cc3o2)C(=O)c2cc(Cl)c(Cl)cc21. The highest BCUT2D eigenvalue weighted by Gasteiger charge is 2.34. The number of Topliss-reactive ketones (excluding diaryl/α,β-unsaturated/α-hetero) is 2. The first-order valence-electron chi connectivity index (χ1n) is 10.5. The number of ketones is 2. The summed E-state index contributed by atoms with van der Waals surface area (Å²) >= 11 is 12.0. The molecule has 4 nitrogen and oxygen atoms in total. The quantitative estimate of drug-likeness (QED) is 0.191. The van der Waals surface area contributed by atoms with Gasteiger partial charge in [-0.25, -0.2) is 0 Å². The van der Waals surface area contributed by atoms with Gasteiger partial charge in [0.15, 0.2) is 22.7 Å². The van der Waals surface area contributed by atoms with Crippen molar-refractivity contribution in [3.05, 3.63) is 111 Å². The lowest BCUT2D eigenvalue weighted by molar-refractivity contribution is 0.0990. The summed E-state index contributed by atoms with van der Waals surface area (Å²) in [6.45, 7) is 0. The smallest absolute Gasteiger partial charge is 0.197 e. The highest BCUT2D eigenvalue weighted by atomic mass is 35.5. The third-order valence-electron chi connectivity index (χ3n) is 5.83. The maximum atomic E-state index is 12.7. The minimum atomic E-state index is -0.411. The van der Waals surface area contributed by atoms with E-state index in [4.69, 9.17) is 32.0 Å². The van der Waals surface area contributed by atoms with Crippen molar-refractivity contribution in [2.75, 3.05) is 0 Å². The Morgan fingerprint density at radius 3 is 1.79 bits per heavy atom. The number of halogens is 2. The van der Waals surface area contributed by atoms with E-state index in [1.54, 1.807) is 12.1 Å². The monoisotopic (exact) mass is 484 g/mol. The average Bonchev–Trinajstić information content (AvgIpc) is 3.48. The van der Waals surface area contributed by atoms with Gasteiger partial charge >= 0.3 is 0 Å². The standard InChI is InChI=1S/C28H14Cl2O4/c29-22-12-19-20(13-23(22)30)28(32)21(27(19)31)10-18-11-25-26(33-18)14-24(34-25)17-8-6-16(7-9-17)15-4-2-1-3-5-15/h1-14H. The Kier molecular flexibility index (Phi) is 4.80. The zero-order valence-corrected chi connectivity index (χ0v) is 19.0. The molecule has 0 amide bonds. The molecule has 5 aromatic rings. The molecule has 6 rings (SSSR count). The van der Waals surface area contributed by atoms with E-state index >= 15 is 0 Å². The second-order valence-corrected chi connectivity index (χ2v) is 8.77. The maximum Gasteiger partial charge on any atom is 0.197 e. The second-order valence-electron chi connectivity index (χ2n) is 7.96. The third kappa shape index (κ3) is 3.39. The number of rotatable bonds is 3. The normalized spacial score (nSPS) is 13.1. The van der Waals surface area contributed by atoms with Crippen molar-refractivity contribution in [3.63, 3.8) is 0 Å². The minimum absolute atomic E-state index is 0.00135. The van der Waals surface area contributed by atoms with Gasteiger partial charge in [-0.2, -0.15) is 0 Å². The van der Waals surface area contributed by atoms with Crippen LogP contribution >= 0.6 is 23.2 Å². The van der Waals surface area contributed by atoms with Crippen LogP contribution in [0.4, 0.5) is 0 Å². The molecule has 2 heterocycles. The number of carbonyl (C=O) groups is 2. The molecule has 0 fully saturated rings. The van der Waals surface area contributed by atoms with Gasteiger partial charge in [-0.05, 0) is 29.3 Å². The second kappa shape index (κ2) is 7.87. The van der Waals surface area contributed by atoms with Crippen molar-refractivity contribution < 1.29 is 18.4 Å². The molecular formula is C28H14Cl2O4. The molecule has 0 atom stereocenters. The van der Waals surface area contributed by atoms with E-state index < -0.39 is 11.6 Å². The molecule has 2 aromatic heterocycles. The van der Waals surface area contributed by atoms with Crippen molar-refractivity contribution in [2.45, 2.75) is 0 Å². The van der Waals surface area contributed by atoms with Crippen LogP contribution in [-0.4, -0.2) is 11.6 Å². The zero-order valence-electron chi connectivity index (χ0n) is 17.5. The van der Waals surface area contributed by atoms with Gasteiger partial charge in [0.05, 0.1) is 15.6 Å². The van der Waals surface area contributed by atoms with Crippen LogP contribution in [0.5, 0.6) is 0 Å². The van der Waals surface area contributed by atoms with E-state index in [-0.39, 0.29) is 26.7 Å². The molecule has 1 aliphatic rings. The fraction of sp³-hybridized carbons (Fsp3) is 0. The first kappa shape index (κ1) is 20.7. The van der Waals surface area contributed by atoms with E-state index in [1.807, 2.05) is 42.5 Å². The highest BCUT2D eigenvalue weighted by molar-refractivity contribution is 6.46. The summed E-state index contributed by atoms with van der Waals surface area (Å²) < 4.78 is 11.8. The first-order valence-corrected chi connectivity index (χ1v) is 11.2. The van der Waals surface area contributed by atoms with Gasteiger partial charge in [0.2, 0.25) is 0 Å². The molecule has 34 heavy (non-hydrogen) atoms. The minimum Gasteiger partial charge on any atom is -0.453 e. The Labute approximate surface area is 204 Å². The van der Waals surface area contributed by atoms with Crippen molar-refractivity contribution in [2.24, 2.45) is 0 Å². The summed E-state index contributed by atoms with van der Waals surface area (Å²) in [6.07, 6.45) is 1.43. The molecule has 0 unspecified atom stereocenters. The van der Waals surface area contributed by atoms with Gasteiger partial charge in [-0.3, -0.25) is 9.59 Å². The summed E-state index contributed by atoms with van der Waals surface area (Å²) in [5.41, 5.74) is 4.69. The van der Waals surface area contributed by atoms with Gasteiger partial charge in [0, 0.05) is 28.8 Å². The number of benzene rings is 3. The Hall–Kier alpha value is -3.86. The van der Waals surface area contributed by atoms with Crippen molar-refractivity contribution in [1.29, 1.82) is 0 Å². The van der Waals surface area contributed by atoms with E-state index in [2.05, 4.69) is 12.1 Å². The lowest BCUT2D eigenvalue weighted by Gasteiger charge is -2.02. The molecule has 3 aromatic carbocycles. The first-order chi connectivity index (χ1) is 16.5. The van der Waals surface area contributed by atoms with Crippen LogP contribution in [0.25, 0.3) is 39.7 Å². The van der Waals surface area contributed by atoms with Crippen molar-refractivity contribution >= 4 is 52.0 Å². The molecule has 0 radical (unpaired) electrons.